The summed E-state index contributed by atoms with van der Waals surface area (Å²) in [7, 11) is 0. The number of benzene rings is 2. The van der Waals surface area contributed by atoms with Crippen LogP contribution in [-0.2, 0) is 0 Å². The molecular weight excluding hydrogens is 291 g/mol. The first-order valence-electron chi connectivity index (χ1n) is 6.34. The van der Waals surface area contributed by atoms with E-state index in [1.54, 1.807) is 12.1 Å². The SMILES string of the molecule is Cc1ccc(F)cc1-c1onc(N)c1-c1ccccc1Cl. The fourth-order valence-electron chi connectivity index (χ4n) is 2.25. The van der Waals surface area contributed by atoms with Crippen molar-refractivity contribution in [3.05, 3.63) is 58.9 Å². The molecule has 21 heavy (non-hydrogen) atoms. The lowest BCUT2D eigenvalue weighted by Crippen LogP contribution is -1.91. The van der Waals surface area contributed by atoms with Crippen molar-refractivity contribution in [2.75, 3.05) is 5.73 Å². The topological polar surface area (TPSA) is 52.0 Å². The monoisotopic (exact) mass is 302 g/mol. The number of rotatable bonds is 2. The Morgan fingerprint density at radius 3 is 2.67 bits per heavy atom. The summed E-state index contributed by atoms with van der Waals surface area (Å²) in [6.07, 6.45) is 0. The molecule has 5 heteroatoms. The van der Waals surface area contributed by atoms with Crippen molar-refractivity contribution >= 4 is 17.4 Å². The van der Waals surface area contributed by atoms with Crippen molar-refractivity contribution < 1.29 is 8.91 Å². The van der Waals surface area contributed by atoms with Gasteiger partial charge in [-0.2, -0.15) is 0 Å². The molecule has 3 aromatic rings. The van der Waals surface area contributed by atoms with Crippen LogP contribution in [-0.4, -0.2) is 5.16 Å². The Bertz CT molecular complexity index is 814. The van der Waals surface area contributed by atoms with Gasteiger partial charge in [0.25, 0.3) is 0 Å². The first-order chi connectivity index (χ1) is 10.1. The second kappa shape index (κ2) is 5.22. The number of aryl methyl sites for hydroxylation is 1. The van der Waals surface area contributed by atoms with E-state index >= 15 is 0 Å². The average molecular weight is 303 g/mol. The molecule has 0 saturated carbocycles. The van der Waals surface area contributed by atoms with E-state index in [2.05, 4.69) is 5.16 Å². The zero-order valence-electron chi connectivity index (χ0n) is 11.2. The highest BCUT2D eigenvalue weighted by atomic mass is 35.5. The van der Waals surface area contributed by atoms with Gasteiger partial charge in [0, 0.05) is 16.1 Å². The highest BCUT2D eigenvalue weighted by molar-refractivity contribution is 6.33. The summed E-state index contributed by atoms with van der Waals surface area (Å²) < 4.78 is 18.9. The first-order valence-corrected chi connectivity index (χ1v) is 6.72. The van der Waals surface area contributed by atoms with Crippen LogP contribution in [0.4, 0.5) is 10.2 Å². The third-order valence-electron chi connectivity index (χ3n) is 3.31. The Balaban J connectivity index is 2.27. The molecule has 0 aliphatic carbocycles. The third kappa shape index (κ3) is 2.38. The smallest absolute Gasteiger partial charge is 0.177 e. The summed E-state index contributed by atoms with van der Waals surface area (Å²) in [5, 5.41) is 4.33. The van der Waals surface area contributed by atoms with Crippen LogP contribution in [0, 0.1) is 12.7 Å². The van der Waals surface area contributed by atoms with Crippen molar-refractivity contribution in [3.63, 3.8) is 0 Å². The van der Waals surface area contributed by atoms with E-state index in [4.69, 9.17) is 21.9 Å². The summed E-state index contributed by atoms with van der Waals surface area (Å²) in [5.74, 6) is 0.287. The van der Waals surface area contributed by atoms with E-state index in [9.17, 15) is 4.39 Å². The fourth-order valence-corrected chi connectivity index (χ4v) is 2.48. The van der Waals surface area contributed by atoms with Gasteiger partial charge in [0.05, 0.1) is 5.56 Å². The molecule has 3 rings (SSSR count). The lowest BCUT2D eigenvalue weighted by molar-refractivity contribution is 0.435. The Kier molecular flexibility index (Phi) is 3.39. The van der Waals surface area contributed by atoms with Crippen LogP contribution >= 0.6 is 11.6 Å². The molecule has 0 saturated heterocycles. The van der Waals surface area contributed by atoms with Gasteiger partial charge in [-0.1, -0.05) is 41.0 Å². The number of halogens is 2. The van der Waals surface area contributed by atoms with Gasteiger partial charge in [-0.25, -0.2) is 4.39 Å². The molecule has 0 fully saturated rings. The Hall–Kier alpha value is -2.33. The Morgan fingerprint density at radius 2 is 1.90 bits per heavy atom. The molecule has 1 heterocycles. The quantitative estimate of drug-likeness (QED) is 0.747. The van der Waals surface area contributed by atoms with Gasteiger partial charge in [0.1, 0.15) is 5.82 Å². The minimum atomic E-state index is -0.351. The van der Waals surface area contributed by atoms with E-state index in [0.717, 1.165) is 5.56 Å². The number of hydrogen-bond acceptors (Lipinski definition) is 3. The third-order valence-corrected chi connectivity index (χ3v) is 3.64. The van der Waals surface area contributed by atoms with Crippen molar-refractivity contribution in [3.8, 4) is 22.5 Å². The number of nitrogens with zero attached hydrogens (tertiary/aromatic N) is 1. The van der Waals surface area contributed by atoms with Crippen LogP contribution in [0.2, 0.25) is 5.02 Å². The Morgan fingerprint density at radius 1 is 1.14 bits per heavy atom. The van der Waals surface area contributed by atoms with Crippen LogP contribution in [0.5, 0.6) is 0 Å². The summed E-state index contributed by atoms with van der Waals surface area (Å²) in [6, 6.07) is 11.7. The summed E-state index contributed by atoms with van der Waals surface area (Å²) >= 11 is 6.22. The van der Waals surface area contributed by atoms with Gasteiger partial charge in [-0.05, 0) is 30.7 Å². The molecule has 0 aliphatic heterocycles. The maximum Gasteiger partial charge on any atom is 0.177 e. The van der Waals surface area contributed by atoms with Crippen molar-refractivity contribution in [2.45, 2.75) is 6.92 Å². The van der Waals surface area contributed by atoms with Crippen molar-refractivity contribution in [2.24, 2.45) is 0 Å². The average Bonchev–Trinajstić information content (AvgIpc) is 2.84. The van der Waals surface area contributed by atoms with Crippen LogP contribution in [0.3, 0.4) is 0 Å². The molecule has 0 bridgehead atoms. The zero-order chi connectivity index (χ0) is 15.0. The maximum absolute atomic E-state index is 13.5. The van der Waals surface area contributed by atoms with Crippen LogP contribution < -0.4 is 5.73 Å². The number of aromatic nitrogens is 1. The van der Waals surface area contributed by atoms with E-state index in [1.165, 1.54) is 12.1 Å². The standard InChI is InChI=1S/C16H12ClFN2O/c1-9-6-7-10(18)8-12(9)15-14(16(19)20-21-15)11-4-2-3-5-13(11)17/h2-8H,1H3,(H2,19,20). The molecule has 1 aromatic heterocycles. The number of nitrogens with two attached hydrogens (primary N) is 1. The number of hydrogen-bond donors (Lipinski definition) is 1. The molecule has 0 spiro atoms. The van der Waals surface area contributed by atoms with E-state index in [-0.39, 0.29) is 11.6 Å². The highest BCUT2D eigenvalue weighted by Gasteiger charge is 2.21. The van der Waals surface area contributed by atoms with Crippen LogP contribution in [0.15, 0.2) is 47.0 Å². The van der Waals surface area contributed by atoms with Gasteiger partial charge < -0.3 is 10.3 Å². The minimum Gasteiger partial charge on any atom is -0.380 e. The second-order valence-electron chi connectivity index (χ2n) is 4.71. The molecule has 0 amide bonds. The van der Waals surface area contributed by atoms with Gasteiger partial charge in [0.2, 0.25) is 0 Å². The van der Waals surface area contributed by atoms with Crippen molar-refractivity contribution in [1.29, 1.82) is 0 Å². The molecule has 0 aliphatic rings. The normalized spacial score (nSPS) is 10.8. The number of nitrogen functional groups attached to an aromatic ring is 1. The lowest BCUT2D eigenvalue weighted by atomic mass is 9.98. The van der Waals surface area contributed by atoms with Gasteiger partial charge in [-0.3, -0.25) is 0 Å². The summed E-state index contributed by atoms with van der Waals surface area (Å²) in [6.45, 7) is 1.86. The summed E-state index contributed by atoms with van der Waals surface area (Å²) in [4.78, 5) is 0. The first kappa shape index (κ1) is 13.6. The van der Waals surface area contributed by atoms with Crippen LogP contribution in [0.25, 0.3) is 22.5 Å². The van der Waals surface area contributed by atoms with E-state index < -0.39 is 0 Å². The minimum absolute atomic E-state index is 0.224. The summed E-state index contributed by atoms with van der Waals surface area (Å²) in [5.41, 5.74) is 8.66. The largest absolute Gasteiger partial charge is 0.380 e. The molecule has 0 radical (unpaired) electrons. The van der Waals surface area contributed by atoms with E-state index in [1.807, 2.05) is 25.1 Å². The number of anilines is 1. The molecule has 2 aromatic carbocycles. The van der Waals surface area contributed by atoms with Crippen LogP contribution in [0.1, 0.15) is 5.56 Å². The molecule has 3 nitrogen and oxygen atoms in total. The molecule has 2 N–H and O–H groups in total. The second-order valence-corrected chi connectivity index (χ2v) is 5.12. The van der Waals surface area contributed by atoms with Crippen molar-refractivity contribution in [1.82, 2.24) is 5.16 Å². The molecule has 106 valence electrons. The molecule has 0 unspecified atom stereocenters. The predicted molar refractivity (Wildman–Crippen MR) is 81.5 cm³/mol. The zero-order valence-corrected chi connectivity index (χ0v) is 12.0. The van der Waals surface area contributed by atoms with Gasteiger partial charge in [0.15, 0.2) is 11.6 Å². The fraction of sp³-hybridized carbons (Fsp3) is 0.0625. The highest BCUT2D eigenvalue weighted by Crippen LogP contribution is 2.40. The van der Waals surface area contributed by atoms with Gasteiger partial charge in [-0.15, -0.1) is 0 Å². The lowest BCUT2D eigenvalue weighted by Gasteiger charge is -2.07. The molecule has 0 atom stereocenters. The van der Waals surface area contributed by atoms with Gasteiger partial charge >= 0.3 is 0 Å². The Labute approximate surface area is 126 Å². The predicted octanol–water partition coefficient (Wildman–Crippen LogP) is 4.69. The maximum atomic E-state index is 13.5. The molecular formula is C16H12ClFN2O. The van der Waals surface area contributed by atoms with E-state index in [0.29, 0.717) is 27.5 Å².